The van der Waals surface area contributed by atoms with Crippen LogP contribution in [0.3, 0.4) is 0 Å². The van der Waals surface area contributed by atoms with Crippen molar-refractivity contribution in [3.05, 3.63) is 77.4 Å². The van der Waals surface area contributed by atoms with E-state index in [4.69, 9.17) is 4.74 Å². The lowest BCUT2D eigenvalue weighted by atomic mass is 10.1. The molecule has 2 rings (SSSR count). The van der Waals surface area contributed by atoms with E-state index in [0.29, 0.717) is 0 Å². The van der Waals surface area contributed by atoms with Crippen molar-refractivity contribution in [1.82, 2.24) is 0 Å². The molecule has 138 valence electrons. The summed E-state index contributed by atoms with van der Waals surface area (Å²) in [4.78, 5) is 0. The molecule has 0 amide bonds. The average molecular weight is 349 g/mol. The third kappa shape index (κ3) is 7.74. The molecule has 0 unspecified atom stereocenters. The first kappa shape index (κ1) is 20.0. The molecule has 26 heavy (non-hydrogen) atoms. The van der Waals surface area contributed by atoms with Gasteiger partial charge in [0.05, 0.1) is 6.61 Å². The molecule has 0 aliphatic rings. The normalized spacial score (nSPS) is 11.5. The smallest absolute Gasteiger partial charge is 0.119 e. The lowest BCUT2D eigenvalue weighted by molar-refractivity contribution is 0.309. The summed E-state index contributed by atoms with van der Waals surface area (Å²) >= 11 is 0. The number of rotatable bonds is 11. The summed E-state index contributed by atoms with van der Waals surface area (Å²) in [5, 5.41) is 0. The average Bonchev–Trinajstić information content (AvgIpc) is 2.68. The summed E-state index contributed by atoms with van der Waals surface area (Å²) < 4.78 is 5.69. The van der Waals surface area contributed by atoms with Crippen molar-refractivity contribution in [2.24, 2.45) is 0 Å². The van der Waals surface area contributed by atoms with Crippen LogP contribution in [-0.4, -0.2) is 6.61 Å². The first-order chi connectivity index (χ1) is 12.8. The monoisotopic (exact) mass is 348 g/mol. The van der Waals surface area contributed by atoms with Crippen molar-refractivity contribution in [3.63, 3.8) is 0 Å². The molecule has 1 heteroatoms. The molecule has 2 aromatic rings. The standard InChI is InChI=1S/C25H32O/c1-3-5-7-10-22-13-15-23(16-14-22)11-8-9-12-24-17-19-25(20-18-24)26-21-6-4-2/h8-9,11-20H,3-7,10,21H2,1-2H3/b11-8+,12-9+. The van der Waals surface area contributed by atoms with Gasteiger partial charge >= 0.3 is 0 Å². The molecular formula is C25H32O. The molecule has 0 bridgehead atoms. The zero-order valence-electron chi connectivity index (χ0n) is 16.3. The second-order valence-electron chi connectivity index (χ2n) is 6.69. The first-order valence-corrected chi connectivity index (χ1v) is 9.98. The first-order valence-electron chi connectivity index (χ1n) is 9.98. The molecule has 0 N–H and O–H groups in total. The molecular weight excluding hydrogens is 316 g/mol. The maximum Gasteiger partial charge on any atom is 0.119 e. The molecule has 0 fully saturated rings. The van der Waals surface area contributed by atoms with Crippen LogP contribution in [-0.2, 0) is 6.42 Å². The molecule has 0 saturated heterocycles. The van der Waals surface area contributed by atoms with Crippen molar-refractivity contribution in [1.29, 1.82) is 0 Å². The van der Waals surface area contributed by atoms with Gasteiger partial charge in [0.2, 0.25) is 0 Å². The molecule has 0 saturated carbocycles. The van der Waals surface area contributed by atoms with E-state index >= 15 is 0 Å². The number of hydrogen-bond donors (Lipinski definition) is 0. The van der Waals surface area contributed by atoms with Crippen molar-refractivity contribution in [2.45, 2.75) is 52.4 Å². The van der Waals surface area contributed by atoms with E-state index in [1.165, 1.54) is 42.4 Å². The van der Waals surface area contributed by atoms with E-state index in [9.17, 15) is 0 Å². The number of benzene rings is 2. The van der Waals surface area contributed by atoms with Gasteiger partial charge in [-0.3, -0.25) is 0 Å². The molecule has 2 aromatic carbocycles. The highest BCUT2D eigenvalue weighted by Crippen LogP contribution is 2.14. The Bertz CT molecular complexity index is 601. The molecule has 0 heterocycles. The fraction of sp³-hybridized carbons (Fsp3) is 0.360. The highest BCUT2D eigenvalue weighted by molar-refractivity contribution is 5.57. The van der Waals surface area contributed by atoms with Gasteiger partial charge in [0.1, 0.15) is 5.75 Å². The molecule has 1 nitrogen and oxygen atoms in total. The Morgan fingerprint density at radius 1 is 0.692 bits per heavy atom. The summed E-state index contributed by atoms with van der Waals surface area (Å²) in [6.45, 7) is 5.22. The number of ether oxygens (including phenoxy) is 1. The predicted octanol–water partition coefficient (Wildman–Crippen LogP) is 7.32. The van der Waals surface area contributed by atoms with Crippen LogP contribution in [0.25, 0.3) is 12.2 Å². The lowest BCUT2D eigenvalue weighted by Crippen LogP contribution is -1.95. The highest BCUT2D eigenvalue weighted by atomic mass is 16.5. The Morgan fingerprint density at radius 2 is 1.27 bits per heavy atom. The Hall–Kier alpha value is -2.28. The predicted molar refractivity (Wildman–Crippen MR) is 115 cm³/mol. The maximum atomic E-state index is 5.69. The van der Waals surface area contributed by atoms with E-state index in [0.717, 1.165) is 25.2 Å². The molecule has 0 radical (unpaired) electrons. The minimum absolute atomic E-state index is 0.797. The second kappa shape index (κ2) is 12.1. The van der Waals surface area contributed by atoms with Crippen LogP contribution >= 0.6 is 0 Å². The van der Waals surface area contributed by atoms with Gasteiger partial charge in [0.15, 0.2) is 0 Å². The molecule has 0 atom stereocenters. The second-order valence-corrected chi connectivity index (χ2v) is 6.69. The Labute approximate surface area is 159 Å². The van der Waals surface area contributed by atoms with Gasteiger partial charge < -0.3 is 4.74 Å². The van der Waals surface area contributed by atoms with Crippen LogP contribution in [0.2, 0.25) is 0 Å². The lowest BCUT2D eigenvalue weighted by Gasteiger charge is -2.04. The Balaban J connectivity index is 1.79. The largest absolute Gasteiger partial charge is 0.494 e. The van der Waals surface area contributed by atoms with Crippen LogP contribution < -0.4 is 4.74 Å². The Morgan fingerprint density at radius 3 is 1.85 bits per heavy atom. The van der Waals surface area contributed by atoms with Crippen molar-refractivity contribution >= 4 is 12.2 Å². The van der Waals surface area contributed by atoms with E-state index < -0.39 is 0 Å². The number of allylic oxidation sites excluding steroid dienone is 2. The van der Waals surface area contributed by atoms with Gasteiger partial charge in [-0.05, 0) is 48.1 Å². The third-order valence-corrected chi connectivity index (χ3v) is 4.38. The highest BCUT2D eigenvalue weighted by Gasteiger charge is 1.94. The van der Waals surface area contributed by atoms with E-state index in [2.05, 4.69) is 74.5 Å². The molecule has 0 aliphatic heterocycles. The fourth-order valence-electron chi connectivity index (χ4n) is 2.72. The summed E-state index contributed by atoms with van der Waals surface area (Å²) in [5.74, 6) is 0.949. The van der Waals surface area contributed by atoms with Crippen molar-refractivity contribution in [2.75, 3.05) is 6.61 Å². The van der Waals surface area contributed by atoms with Crippen LogP contribution in [0.4, 0.5) is 0 Å². The summed E-state index contributed by atoms with van der Waals surface area (Å²) in [5.41, 5.74) is 3.87. The van der Waals surface area contributed by atoms with E-state index in [-0.39, 0.29) is 0 Å². The number of hydrogen-bond acceptors (Lipinski definition) is 1. The third-order valence-electron chi connectivity index (χ3n) is 4.38. The fourth-order valence-corrected chi connectivity index (χ4v) is 2.72. The SMILES string of the molecule is CCCCCc1ccc(/C=C/C=C/c2ccc(OCCCC)cc2)cc1. The molecule has 0 aromatic heterocycles. The van der Waals surface area contributed by atoms with Crippen molar-refractivity contribution in [3.8, 4) is 5.75 Å². The number of aryl methyl sites for hydroxylation is 1. The minimum atomic E-state index is 0.797. The van der Waals surface area contributed by atoms with E-state index in [1.807, 2.05) is 12.1 Å². The molecule has 0 aliphatic carbocycles. The quantitative estimate of drug-likeness (QED) is 0.305. The molecule has 0 spiro atoms. The van der Waals surface area contributed by atoms with Gasteiger partial charge in [-0.2, -0.15) is 0 Å². The summed E-state index contributed by atoms with van der Waals surface area (Å²) in [6, 6.07) is 17.2. The summed E-state index contributed by atoms with van der Waals surface area (Å²) in [6.07, 6.45) is 15.8. The van der Waals surface area contributed by atoms with Gasteiger partial charge in [-0.25, -0.2) is 0 Å². The van der Waals surface area contributed by atoms with Crippen LogP contribution in [0, 0.1) is 0 Å². The van der Waals surface area contributed by atoms with Gasteiger partial charge in [0, 0.05) is 0 Å². The maximum absolute atomic E-state index is 5.69. The van der Waals surface area contributed by atoms with Gasteiger partial charge in [0.25, 0.3) is 0 Å². The van der Waals surface area contributed by atoms with Gasteiger partial charge in [-0.1, -0.05) is 93.8 Å². The minimum Gasteiger partial charge on any atom is -0.494 e. The Kier molecular flexibility index (Phi) is 9.35. The number of unbranched alkanes of at least 4 members (excludes halogenated alkanes) is 3. The van der Waals surface area contributed by atoms with Crippen LogP contribution in [0.5, 0.6) is 5.75 Å². The zero-order chi connectivity index (χ0) is 18.5. The zero-order valence-corrected chi connectivity index (χ0v) is 16.3. The van der Waals surface area contributed by atoms with Crippen molar-refractivity contribution < 1.29 is 4.74 Å². The van der Waals surface area contributed by atoms with E-state index in [1.54, 1.807) is 0 Å². The topological polar surface area (TPSA) is 9.23 Å². The summed E-state index contributed by atoms with van der Waals surface area (Å²) in [7, 11) is 0. The van der Waals surface area contributed by atoms with Crippen LogP contribution in [0.15, 0.2) is 60.7 Å². The van der Waals surface area contributed by atoms with Crippen LogP contribution in [0.1, 0.15) is 62.6 Å². The van der Waals surface area contributed by atoms with Gasteiger partial charge in [-0.15, -0.1) is 0 Å².